The Hall–Kier alpha value is -3.08. The van der Waals surface area contributed by atoms with Crippen molar-refractivity contribution in [1.82, 2.24) is 20.8 Å². The number of hydrogen-bond donors (Lipinski definition) is 4. The summed E-state index contributed by atoms with van der Waals surface area (Å²) in [6.45, 7) is 1.57. The third-order valence-electron chi connectivity index (χ3n) is 4.14. The molecule has 2 aromatic rings. The second-order valence-electron chi connectivity index (χ2n) is 6.14. The highest BCUT2D eigenvalue weighted by molar-refractivity contribution is 6.09. The zero-order valence-electron chi connectivity index (χ0n) is 14.6. The highest BCUT2D eigenvalue weighted by atomic mass is 19.4. The molecular weight excluding hydrogens is 379 g/mol. The molecule has 8 nitrogen and oxygen atoms in total. The fraction of sp³-hybridized carbons (Fsp3) is 0.353. The lowest BCUT2D eigenvalue weighted by atomic mass is 10.1. The molecule has 11 heteroatoms. The van der Waals surface area contributed by atoms with E-state index in [1.54, 1.807) is 0 Å². The lowest BCUT2D eigenvalue weighted by molar-refractivity contribution is -0.274. The maximum absolute atomic E-state index is 12.5. The number of benzene rings is 1. The van der Waals surface area contributed by atoms with Crippen molar-refractivity contribution >= 4 is 17.5 Å². The quantitative estimate of drug-likeness (QED) is 0.618. The van der Waals surface area contributed by atoms with Crippen molar-refractivity contribution < 1.29 is 27.5 Å². The van der Waals surface area contributed by atoms with Gasteiger partial charge in [0.25, 0.3) is 11.8 Å². The molecule has 1 fully saturated rings. The molecule has 1 saturated heterocycles. The largest absolute Gasteiger partial charge is 0.573 e. The molecule has 1 aromatic heterocycles. The monoisotopic (exact) mass is 397 g/mol. The minimum absolute atomic E-state index is 0.0186. The number of amides is 2. The maximum Gasteiger partial charge on any atom is 0.573 e. The number of rotatable bonds is 5. The number of hydrogen-bond acceptors (Lipinski definition) is 5. The number of anilines is 1. The third kappa shape index (κ3) is 5.00. The van der Waals surface area contributed by atoms with Crippen LogP contribution in [0.1, 0.15) is 33.7 Å². The Kier molecular flexibility index (Phi) is 5.83. The fourth-order valence-electron chi connectivity index (χ4n) is 2.84. The van der Waals surface area contributed by atoms with E-state index in [1.807, 2.05) is 0 Å². The molecule has 150 valence electrons. The van der Waals surface area contributed by atoms with Crippen LogP contribution in [0.4, 0.5) is 18.9 Å². The van der Waals surface area contributed by atoms with Gasteiger partial charge in [0, 0.05) is 12.2 Å². The fourth-order valence-corrected chi connectivity index (χ4v) is 2.84. The zero-order chi connectivity index (χ0) is 20.1. The van der Waals surface area contributed by atoms with Crippen molar-refractivity contribution in [2.75, 3.05) is 18.4 Å². The normalized spacial score (nSPS) is 15.1. The molecule has 0 radical (unpaired) electrons. The minimum Gasteiger partial charge on any atom is -0.405 e. The van der Waals surface area contributed by atoms with Crippen LogP contribution in [0.5, 0.6) is 5.75 Å². The lowest BCUT2D eigenvalue weighted by Crippen LogP contribution is -2.43. The molecule has 2 amide bonds. The lowest BCUT2D eigenvalue weighted by Gasteiger charge is -2.23. The molecule has 3 rings (SSSR count). The van der Waals surface area contributed by atoms with Crippen molar-refractivity contribution in [2.45, 2.75) is 25.2 Å². The number of nitrogens with zero attached hydrogens (tertiary/aromatic N) is 1. The third-order valence-corrected chi connectivity index (χ3v) is 4.14. The molecule has 28 heavy (non-hydrogen) atoms. The van der Waals surface area contributed by atoms with E-state index in [4.69, 9.17) is 0 Å². The van der Waals surface area contributed by atoms with Crippen LogP contribution in [-0.4, -0.2) is 47.5 Å². The van der Waals surface area contributed by atoms with Gasteiger partial charge in [0.1, 0.15) is 5.75 Å². The van der Waals surface area contributed by atoms with E-state index in [-0.39, 0.29) is 23.0 Å². The number of piperidine rings is 1. The number of aromatic amines is 1. The summed E-state index contributed by atoms with van der Waals surface area (Å²) >= 11 is 0. The van der Waals surface area contributed by atoms with Gasteiger partial charge in [-0.1, -0.05) is 12.1 Å². The molecule has 0 saturated carbocycles. The number of ether oxygens (including phenoxy) is 1. The van der Waals surface area contributed by atoms with Crippen LogP contribution in [0, 0.1) is 0 Å². The highest BCUT2D eigenvalue weighted by Crippen LogP contribution is 2.27. The van der Waals surface area contributed by atoms with Gasteiger partial charge in [-0.05, 0) is 38.1 Å². The summed E-state index contributed by atoms with van der Waals surface area (Å²) in [4.78, 5) is 24.9. The molecule has 0 bridgehead atoms. The second-order valence-corrected chi connectivity index (χ2v) is 6.14. The predicted molar refractivity (Wildman–Crippen MR) is 93.0 cm³/mol. The highest BCUT2D eigenvalue weighted by Gasteiger charge is 2.33. The van der Waals surface area contributed by atoms with Gasteiger partial charge in [-0.2, -0.15) is 5.10 Å². The first-order valence-corrected chi connectivity index (χ1v) is 8.55. The number of nitrogens with one attached hydrogen (secondary N) is 4. The van der Waals surface area contributed by atoms with Gasteiger partial charge < -0.3 is 20.7 Å². The first kappa shape index (κ1) is 19.7. The number of carbonyl (C=O) groups is 2. The molecule has 0 atom stereocenters. The van der Waals surface area contributed by atoms with E-state index in [9.17, 15) is 22.8 Å². The van der Waals surface area contributed by atoms with Crippen LogP contribution in [0.3, 0.4) is 0 Å². The van der Waals surface area contributed by atoms with E-state index in [0.29, 0.717) is 0 Å². The Bertz CT molecular complexity index is 847. The van der Waals surface area contributed by atoms with E-state index in [2.05, 4.69) is 30.9 Å². The van der Waals surface area contributed by atoms with Crippen LogP contribution < -0.4 is 20.7 Å². The number of carbonyl (C=O) groups excluding carboxylic acids is 2. The van der Waals surface area contributed by atoms with Crippen LogP contribution in [0.25, 0.3) is 0 Å². The van der Waals surface area contributed by atoms with Gasteiger partial charge in [-0.15, -0.1) is 13.2 Å². The molecule has 4 N–H and O–H groups in total. The number of para-hydroxylation sites is 1. The SMILES string of the molecule is O=C(Nc1c[nH]nc1C(=O)NC1CCNCC1)c1ccccc1OC(F)(F)F. The van der Waals surface area contributed by atoms with Crippen LogP contribution in [-0.2, 0) is 0 Å². The van der Waals surface area contributed by atoms with Crippen LogP contribution >= 0.6 is 0 Å². The Morgan fingerprint density at radius 2 is 1.86 bits per heavy atom. The summed E-state index contributed by atoms with van der Waals surface area (Å²) in [5.74, 6) is -1.99. The van der Waals surface area contributed by atoms with Crippen molar-refractivity contribution in [1.29, 1.82) is 0 Å². The zero-order valence-corrected chi connectivity index (χ0v) is 14.6. The first-order chi connectivity index (χ1) is 13.3. The molecule has 0 unspecified atom stereocenters. The van der Waals surface area contributed by atoms with Gasteiger partial charge in [-0.3, -0.25) is 14.7 Å². The summed E-state index contributed by atoms with van der Waals surface area (Å²) in [5.41, 5.74) is -0.329. The van der Waals surface area contributed by atoms with Gasteiger partial charge in [0.05, 0.1) is 11.3 Å². The Morgan fingerprint density at radius 1 is 1.14 bits per heavy atom. The molecule has 1 aromatic carbocycles. The second kappa shape index (κ2) is 8.30. The van der Waals surface area contributed by atoms with Crippen LogP contribution in [0.15, 0.2) is 30.5 Å². The number of halogens is 3. The van der Waals surface area contributed by atoms with Gasteiger partial charge in [0.2, 0.25) is 0 Å². The first-order valence-electron chi connectivity index (χ1n) is 8.55. The average molecular weight is 397 g/mol. The van der Waals surface area contributed by atoms with E-state index < -0.39 is 23.9 Å². The number of alkyl halides is 3. The van der Waals surface area contributed by atoms with Crippen molar-refractivity contribution in [2.24, 2.45) is 0 Å². The molecule has 0 aliphatic carbocycles. The molecule has 0 spiro atoms. The van der Waals surface area contributed by atoms with Gasteiger partial charge in [0.15, 0.2) is 5.69 Å². The average Bonchev–Trinajstić information content (AvgIpc) is 3.10. The van der Waals surface area contributed by atoms with E-state index in [1.165, 1.54) is 24.4 Å². The number of H-pyrrole nitrogens is 1. The Balaban J connectivity index is 1.72. The topological polar surface area (TPSA) is 108 Å². The van der Waals surface area contributed by atoms with E-state index >= 15 is 0 Å². The predicted octanol–water partition coefficient (Wildman–Crippen LogP) is 2.04. The smallest absolute Gasteiger partial charge is 0.405 e. The van der Waals surface area contributed by atoms with Crippen LogP contribution in [0.2, 0.25) is 0 Å². The maximum atomic E-state index is 12.5. The summed E-state index contributed by atoms with van der Waals surface area (Å²) in [6, 6.07) is 4.91. The summed E-state index contributed by atoms with van der Waals surface area (Å²) < 4.78 is 41.5. The van der Waals surface area contributed by atoms with Crippen molar-refractivity contribution in [3.8, 4) is 5.75 Å². The molecular formula is C17H18F3N5O3. The van der Waals surface area contributed by atoms with Gasteiger partial charge in [-0.25, -0.2) is 0 Å². The molecule has 1 aliphatic heterocycles. The molecule has 1 aliphatic rings. The Labute approximate surface area is 157 Å². The standard InChI is InChI=1S/C17H18F3N5O3/c18-17(19,20)28-13-4-2-1-3-11(13)15(26)24-12-9-22-25-14(12)16(27)23-10-5-7-21-8-6-10/h1-4,9-10,21H,5-8H2,(H,22,25)(H,23,27)(H,24,26). The van der Waals surface area contributed by atoms with Crippen molar-refractivity contribution in [3.63, 3.8) is 0 Å². The summed E-state index contributed by atoms with van der Waals surface area (Å²) in [5, 5.41) is 14.7. The summed E-state index contributed by atoms with van der Waals surface area (Å²) in [7, 11) is 0. The summed E-state index contributed by atoms with van der Waals surface area (Å²) in [6.07, 6.45) is -2.13. The number of aromatic nitrogens is 2. The van der Waals surface area contributed by atoms with Crippen molar-refractivity contribution in [3.05, 3.63) is 41.7 Å². The van der Waals surface area contributed by atoms with E-state index in [0.717, 1.165) is 32.0 Å². The minimum atomic E-state index is -4.94. The molecule has 2 heterocycles. The van der Waals surface area contributed by atoms with Gasteiger partial charge >= 0.3 is 6.36 Å². The Morgan fingerprint density at radius 3 is 2.57 bits per heavy atom.